The molecule has 0 bridgehead atoms. The van der Waals surface area contributed by atoms with Gasteiger partial charge in [-0.3, -0.25) is 0 Å². The number of halogens is 1. The summed E-state index contributed by atoms with van der Waals surface area (Å²) < 4.78 is 2.15. The summed E-state index contributed by atoms with van der Waals surface area (Å²) in [4.78, 5) is 4.44. The average Bonchev–Trinajstić information content (AvgIpc) is 2.94. The van der Waals surface area contributed by atoms with Gasteiger partial charge in [-0.25, -0.2) is 4.98 Å². The number of benzene rings is 1. The van der Waals surface area contributed by atoms with E-state index in [9.17, 15) is 0 Å². The molecule has 3 nitrogen and oxygen atoms in total. The summed E-state index contributed by atoms with van der Waals surface area (Å²) >= 11 is 8.38. The van der Waals surface area contributed by atoms with E-state index in [1.165, 1.54) is 25.0 Å². The predicted octanol–water partition coefficient (Wildman–Crippen LogP) is 4.12. The van der Waals surface area contributed by atoms with Gasteiger partial charge < -0.3 is 10.3 Å². The fraction of sp³-hybridized carbons (Fsp3) is 0.500. The molecule has 1 fully saturated rings. The maximum absolute atomic E-state index is 6.33. The summed E-state index contributed by atoms with van der Waals surface area (Å²) in [5.74, 6) is 1.77. The largest absolute Gasteiger partial charge is 0.369 e. The summed E-state index contributed by atoms with van der Waals surface area (Å²) in [5.41, 5.74) is 8.00. The van der Waals surface area contributed by atoms with Crippen molar-refractivity contribution in [3.63, 3.8) is 0 Å². The monoisotopic (exact) mass is 295 g/mol. The topological polar surface area (TPSA) is 43.8 Å². The van der Waals surface area contributed by atoms with Gasteiger partial charge in [-0.05, 0) is 37.1 Å². The summed E-state index contributed by atoms with van der Waals surface area (Å²) in [7, 11) is 0. The van der Waals surface area contributed by atoms with Gasteiger partial charge in [0.1, 0.15) is 0 Å². The molecule has 0 amide bonds. The van der Waals surface area contributed by atoms with Crippen molar-refractivity contribution in [3.8, 4) is 0 Å². The third kappa shape index (κ3) is 2.32. The van der Waals surface area contributed by atoms with E-state index >= 15 is 0 Å². The number of para-hydroxylation sites is 1. The lowest BCUT2D eigenvalue weighted by Gasteiger charge is -2.15. The number of thioether (sulfide) groups is 1. The van der Waals surface area contributed by atoms with Crippen molar-refractivity contribution in [3.05, 3.63) is 23.2 Å². The Balaban J connectivity index is 1.99. The van der Waals surface area contributed by atoms with Crippen molar-refractivity contribution in [2.75, 3.05) is 11.5 Å². The standard InChI is InChI=1S/C14H18ClN3S/c1-2-19-10-7-6-9(8-10)18-13-11(15)4-3-5-12(13)17-14(18)16/h3-5,9-10H,2,6-8H2,1H3,(H2,16,17). The maximum atomic E-state index is 6.33. The molecular weight excluding hydrogens is 278 g/mol. The Bertz CT molecular complexity index is 596. The van der Waals surface area contributed by atoms with Crippen molar-refractivity contribution < 1.29 is 0 Å². The first-order valence-corrected chi connectivity index (χ1v) is 8.17. The molecule has 1 aromatic carbocycles. The number of fused-ring (bicyclic) bond motifs is 1. The SMILES string of the molecule is CCSC1CCC(n2c(N)nc3cccc(Cl)c32)C1. The van der Waals surface area contributed by atoms with Gasteiger partial charge >= 0.3 is 0 Å². The number of aromatic nitrogens is 2. The zero-order valence-electron chi connectivity index (χ0n) is 11.0. The number of nitrogens with zero attached hydrogens (tertiary/aromatic N) is 2. The number of anilines is 1. The van der Waals surface area contributed by atoms with Crippen LogP contribution in [0.4, 0.5) is 5.95 Å². The lowest BCUT2D eigenvalue weighted by Crippen LogP contribution is -2.10. The quantitative estimate of drug-likeness (QED) is 0.926. The first kappa shape index (κ1) is 13.1. The first-order valence-electron chi connectivity index (χ1n) is 6.74. The van der Waals surface area contributed by atoms with Crippen molar-refractivity contribution in [2.45, 2.75) is 37.5 Å². The number of nitrogen functional groups attached to an aromatic ring is 1. The molecule has 0 saturated heterocycles. The molecule has 19 heavy (non-hydrogen) atoms. The van der Waals surface area contributed by atoms with Gasteiger partial charge in [0.25, 0.3) is 0 Å². The number of imidazole rings is 1. The zero-order chi connectivity index (χ0) is 13.4. The van der Waals surface area contributed by atoms with Gasteiger partial charge in [-0.2, -0.15) is 11.8 Å². The second kappa shape index (κ2) is 5.25. The maximum Gasteiger partial charge on any atom is 0.201 e. The molecule has 102 valence electrons. The summed E-state index contributed by atoms with van der Waals surface area (Å²) in [6, 6.07) is 6.25. The Morgan fingerprint density at radius 2 is 2.32 bits per heavy atom. The molecule has 1 saturated carbocycles. The van der Waals surface area contributed by atoms with Gasteiger partial charge in [0.2, 0.25) is 5.95 Å². The summed E-state index contributed by atoms with van der Waals surface area (Å²) in [6.07, 6.45) is 3.59. The van der Waals surface area contributed by atoms with E-state index in [1.54, 1.807) is 0 Å². The number of hydrogen-bond acceptors (Lipinski definition) is 3. The van der Waals surface area contributed by atoms with Crippen molar-refractivity contribution in [2.24, 2.45) is 0 Å². The molecule has 0 radical (unpaired) electrons. The van der Waals surface area contributed by atoms with Crippen molar-refractivity contribution in [1.82, 2.24) is 9.55 Å². The van der Waals surface area contributed by atoms with Gasteiger partial charge in [0, 0.05) is 11.3 Å². The van der Waals surface area contributed by atoms with Crippen LogP contribution >= 0.6 is 23.4 Å². The highest BCUT2D eigenvalue weighted by atomic mass is 35.5. The Morgan fingerprint density at radius 1 is 1.47 bits per heavy atom. The van der Waals surface area contributed by atoms with Crippen LogP contribution in [0.3, 0.4) is 0 Å². The number of nitrogens with two attached hydrogens (primary N) is 1. The van der Waals surface area contributed by atoms with E-state index in [4.69, 9.17) is 17.3 Å². The van der Waals surface area contributed by atoms with E-state index < -0.39 is 0 Å². The van der Waals surface area contributed by atoms with Crippen LogP contribution in [0.15, 0.2) is 18.2 Å². The Hall–Kier alpha value is -0.870. The molecule has 2 N–H and O–H groups in total. The third-order valence-corrected chi connectivity index (χ3v) is 5.35. The van der Waals surface area contributed by atoms with Gasteiger partial charge in [-0.1, -0.05) is 24.6 Å². The second-order valence-electron chi connectivity index (χ2n) is 4.99. The molecule has 2 atom stereocenters. The highest BCUT2D eigenvalue weighted by molar-refractivity contribution is 7.99. The molecule has 3 rings (SSSR count). The summed E-state index contributed by atoms with van der Waals surface area (Å²) in [5, 5.41) is 1.49. The molecule has 2 aromatic rings. The van der Waals surface area contributed by atoms with Crippen LogP contribution in [-0.2, 0) is 0 Å². The van der Waals surface area contributed by atoms with Gasteiger partial charge in [-0.15, -0.1) is 0 Å². The van der Waals surface area contributed by atoms with Crippen LogP contribution in [0.1, 0.15) is 32.2 Å². The van der Waals surface area contributed by atoms with Crippen LogP contribution in [0.25, 0.3) is 11.0 Å². The minimum atomic E-state index is 0.439. The molecule has 5 heteroatoms. The van der Waals surface area contributed by atoms with E-state index in [2.05, 4.69) is 16.5 Å². The van der Waals surface area contributed by atoms with Crippen LogP contribution in [0, 0.1) is 0 Å². The van der Waals surface area contributed by atoms with Crippen molar-refractivity contribution >= 4 is 40.3 Å². The lowest BCUT2D eigenvalue weighted by atomic mass is 10.2. The normalized spacial score (nSPS) is 23.3. The molecule has 0 aliphatic heterocycles. The van der Waals surface area contributed by atoms with E-state index in [0.717, 1.165) is 21.3 Å². The van der Waals surface area contributed by atoms with E-state index in [1.807, 2.05) is 30.0 Å². The average molecular weight is 296 g/mol. The Morgan fingerprint density at radius 3 is 3.11 bits per heavy atom. The molecule has 1 aliphatic rings. The van der Waals surface area contributed by atoms with Gasteiger partial charge in [0.15, 0.2) is 0 Å². The second-order valence-corrected chi connectivity index (χ2v) is 6.98. The molecule has 1 aliphatic carbocycles. The molecule has 0 spiro atoms. The molecular formula is C14H18ClN3S. The molecule has 1 aromatic heterocycles. The Kier molecular flexibility index (Phi) is 3.63. The van der Waals surface area contributed by atoms with E-state index in [0.29, 0.717) is 12.0 Å². The van der Waals surface area contributed by atoms with Crippen LogP contribution in [-0.4, -0.2) is 20.6 Å². The van der Waals surface area contributed by atoms with Crippen LogP contribution in [0.2, 0.25) is 5.02 Å². The third-order valence-electron chi connectivity index (χ3n) is 3.81. The van der Waals surface area contributed by atoms with Gasteiger partial charge in [0.05, 0.1) is 16.1 Å². The fourth-order valence-electron chi connectivity index (χ4n) is 3.03. The lowest BCUT2D eigenvalue weighted by molar-refractivity contribution is 0.540. The molecule has 1 heterocycles. The zero-order valence-corrected chi connectivity index (χ0v) is 12.5. The minimum absolute atomic E-state index is 0.439. The number of hydrogen-bond donors (Lipinski definition) is 1. The Labute approximate surface area is 122 Å². The first-order chi connectivity index (χ1) is 9.20. The highest BCUT2D eigenvalue weighted by Crippen LogP contribution is 2.40. The van der Waals surface area contributed by atoms with E-state index in [-0.39, 0.29) is 0 Å². The number of rotatable bonds is 3. The minimum Gasteiger partial charge on any atom is -0.369 e. The smallest absolute Gasteiger partial charge is 0.201 e. The van der Waals surface area contributed by atoms with Crippen molar-refractivity contribution in [1.29, 1.82) is 0 Å². The highest BCUT2D eigenvalue weighted by Gasteiger charge is 2.28. The van der Waals surface area contributed by atoms with Crippen LogP contribution < -0.4 is 5.73 Å². The summed E-state index contributed by atoms with van der Waals surface area (Å²) in [6.45, 7) is 2.22. The van der Waals surface area contributed by atoms with Crippen LogP contribution in [0.5, 0.6) is 0 Å². The fourth-order valence-corrected chi connectivity index (χ4v) is 4.43. The predicted molar refractivity (Wildman–Crippen MR) is 84.0 cm³/mol. The molecule has 2 unspecified atom stereocenters.